The lowest BCUT2D eigenvalue weighted by Crippen LogP contribution is -2.14. The molecule has 21 heavy (non-hydrogen) atoms. The van der Waals surface area contributed by atoms with E-state index >= 15 is 0 Å². The third-order valence-electron chi connectivity index (χ3n) is 3.11. The summed E-state index contributed by atoms with van der Waals surface area (Å²) in [6.45, 7) is 5.92. The molecule has 0 atom stereocenters. The van der Waals surface area contributed by atoms with Crippen LogP contribution in [0.1, 0.15) is 26.8 Å². The number of thiophene rings is 1. The van der Waals surface area contributed by atoms with Gasteiger partial charge in [0.15, 0.2) is 0 Å². The second-order valence-corrected chi connectivity index (χ2v) is 6.75. The number of nitrogens with one attached hydrogen (secondary N) is 1. The fourth-order valence-electron chi connectivity index (χ4n) is 2.15. The van der Waals surface area contributed by atoms with Crippen LogP contribution >= 0.6 is 22.7 Å². The van der Waals surface area contributed by atoms with Gasteiger partial charge in [-0.1, -0.05) is 11.3 Å². The van der Waals surface area contributed by atoms with Gasteiger partial charge in [-0.2, -0.15) is 0 Å². The molecule has 7 heteroatoms. The van der Waals surface area contributed by atoms with Gasteiger partial charge in [0.05, 0.1) is 5.56 Å². The third-order valence-corrected chi connectivity index (χ3v) is 4.76. The molecule has 0 aliphatic carbocycles. The second kappa shape index (κ2) is 5.42. The van der Waals surface area contributed by atoms with Gasteiger partial charge in [0.2, 0.25) is 5.13 Å². The number of carbonyl (C=O) groups excluding carboxylic acids is 1. The molecule has 0 saturated carbocycles. The lowest BCUT2D eigenvalue weighted by atomic mass is 10.3. The summed E-state index contributed by atoms with van der Waals surface area (Å²) in [6.07, 6.45) is 0. The van der Waals surface area contributed by atoms with Crippen molar-refractivity contribution in [1.82, 2.24) is 14.8 Å². The first-order valence-electron chi connectivity index (χ1n) is 6.40. The summed E-state index contributed by atoms with van der Waals surface area (Å²) in [7, 11) is 0. The van der Waals surface area contributed by atoms with Gasteiger partial charge in [-0.25, -0.2) is 0 Å². The number of aromatic nitrogens is 3. The molecule has 108 valence electrons. The molecule has 3 rings (SSSR count). The fraction of sp³-hybridized carbons (Fsp3) is 0.214. The summed E-state index contributed by atoms with van der Waals surface area (Å²) < 4.78 is 2.09. The number of aryl methyl sites for hydroxylation is 3. The van der Waals surface area contributed by atoms with Crippen LogP contribution in [0.3, 0.4) is 0 Å². The number of anilines is 1. The van der Waals surface area contributed by atoms with Crippen molar-refractivity contribution in [1.29, 1.82) is 0 Å². The van der Waals surface area contributed by atoms with Crippen LogP contribution in [0, 0.1) is 20.8 Å². The van der Waals surface area contributed by atoms with E-state index in [-0.39, 0.29) is 5.91 Å². The van der Waals surface area contributed by atoms with E-state index in [1.165, 1.54) is 11.3 Å². The van der Waals surface area contributed by atoms with E-state index in [9.17, 15) is 4.79 Å². The molecule has 1 amide bonds. The minimum Gasteiger partial charge on any atom is -0.309 e. The highest BCUT2D eigenvalue weighted by Crippen LogP contribution is 2.27. The fourth-order valence-corrected chi connectivity index (χ4v) is 3.75. The van der Waals surface area contributed by atoms with Crippen LogP contribution in [-0.2, 0) is 0 Å². The summed E-state index contributed by atoms with van der Waals surface area (Å²) in [5, 5.41) is 14.8. The lowest BCUT2D eigenvalue weighted by molar-refractivity contribution is 0.102. The van der Waals surface area contributed by atoms with Crippen molar-refractivity contribution < 1.29 is 4.79 Å². The molecule has 0 radical (unpaired) electrons. The zero-order valence-electron chi connectivity index (χ0n) is 11.9. The van der Waals surface area contributed by atoms with Crippen LogP contribution in [0.2, 0.25) is 0 Å². The zero-order valence-corrected chi connectivity index (χ0v) is 13.5. The molecule has 0 saturated heterocycles. The number of hydrogen-bond acceptors (Lipinski definition) is 5. The lowest BCUT2D eigenvalue weighted by Gasteiger charge is -2.09. The molecule has 0 unspecified atom stereocenters. The summed E-state index contributed by atoms with van der Waals surface area (Å²) in [5.41, 5.74) is 2.86. The van der Waals surface area contributed by atoms with E-state index in [1.54, 1.807) is 11.3 Å². The van der Waals surface area contributed by atoms with Crippen LogP contribution in [0.4, 0.5) is 5.13 Å². The van der Waals surface area contributed by atoms with Gasteiger partial charge in [0, 0.05) is 11.4 Å². The Hall–Kier alpha value is -1.99. The summed E-state index contributed by atoms with van der Waals surface area (Å²) in [6, 6.07) is 5.93. The minimum atomic E-state index is -0.157. The molecule has 0 aliphatic heterocycles. The van der Waals surface area contributed by atoms with E-state index < -0.39 is 0 Å². The highest BCUT2D eigenvalue weighted by atomic mass is 32.1. The minimum absolute atomic E-state index is 0.157. The van der Waals surface area contributed by atoms with Gasteiger partial charge in [0.1, 0.15) is 10.0 Å². The summed E-state index contributed by atoms with van der Waals surface area (Å²) >= 11 is 2.91. The summed E-state index contributed by atoms with van der Waals surface area (Å²) in [4.78, 5) is 12.4. The smallest absolute Gasteiger partial charge is 0.260 e. The molecule has 0 bridgehead atoms. The number of rotatable bonds is 3. The Morgan fingerprint density at radius 2 is 1.86 bits per heavy atom. The topological polar surface area (TPSA) is 59.8 Å². The maximum atomic E-state index is 12.4. The van der Waals surface area contributed by atoms with Crippen LogP contribution < -0.4 is 5.32 Å². The Bertz CT molecular complexity index is 780. The SMILES string of the molecule is Cc1nnc(NC(=O)c2ccsc2-n2c(C)ccc2C)s1. The molecule has 3 aromatic rings. The largest absolute Gasteiger partial charge is 0.309 e. The van der Waals surface area contributed by atoms with Gasteiger partial charge >= 0.3 is 0 Å². The molecular formula is C14H14N4OS2. The first kappa shape index (κ1) is 14.0. The molecule has 3 heterocycles. The van der Waals surface area contributed by atoms with Gasteiger partial charge in [0.25, 0.3) is 5.91 Å². The molecule has 5 nitrogen and oxygen atoms in total. The third kappa shape index (κ3) is 2.62. The van der Waals surface area contributed by atoms with E-state index in [0.717, 1.165) is 21.4 Å². The van der Waals surface area contributed by atoms with E-state index in [1.807, 2.05) is 44.4 Å². The molecule has 0 aromatic carbocycles. The van der Waals surface area contributed by atoms with Gasteiger partial charge in [-0.15, -0.1) is 21.5 Å². The Kier molecular flexibility index (Phi) is 3.60. The van der Waals surface area contributed by atoms with Crippen molar-refractivity contribution >= 4 is 33.7 Å². The quantitative estimate of drug-likeness (QED) is 0.803. The van der Waals surface area contributed by atoms with Gasteiger partial charge in [-0.3, -0.25) is 10.1 Å². The molecular weight excluding hydrogens is 304 g/mol. The predicted octanol–water partition coefficient (Wildman–Crippen LogP) is 3.57. The average molecular weight is 318 g/mol. The van der Waals surface area contributed by atoms with Crippen molar-refractivity contribution in [3.63, 3.8) is 0 Å². The number of carbonyl (C=O) groups is 1. The van der Waals surface area contributed by atoms with Crippen molar-refractivity contribution in [2.75, 3.05) is 5.32 Å². The summed E-state index contributed by atoms with van der Waals surface area (Å²) in [5.74, 6) is -0.157. The van der Waals surface area contributed by atoms with E-state index in [0.29, 0.717) is 10.7 Å². The van der Waals surface area contributed by atoms with Crippen molar-refractivity contribution in [2.24, 2.45) is 0 Å². The first-order valence-corrected chi connectivity index (χ1v) is 8.10. The molecule has 0 aliphatic rings. The first-order chi connectivity index (χ1) is 10.1. The van der Waals surface area contributed by atoms with Crippen molar-refractivity contribution in [3.05, 3.63) is 45.5 Å². The predicted molar refractivity (Wildman–Crippen MR) is 85.7 cm³/mol. The standard InChI is InChI=1S/C14H14N4OS2/c1-8-4-5-9(2)18(8)13-11(6-7-20-13)12(19)15-14-17-16-10(3)21-14/h4-7H,1-3H3,(H,15,17,19). The number of amides is 1. The highest BCUT2D eigenvalue weighted by Gasteiger charge is 2.17. The van der Waals surface area contributed by atoms with Gasteiger partial charge < -0.3 is 4.57 Å². The van der Waals surface area contributed by atoms with Crippen LogP contribution in [0.5, 0.6) is 0 Å². The molecule has 0 fully saturated rings. The second-order valence-electron chi connectivity index (χ2n) is 4.67. The van der Waals surface area contributed by atoms with Crippen LogP contribution in [0.15, 0.2) is 23.6 Å². The number of hydrogen-bond donors (Lipinski definition) is 1. The Balaban J connectivity index is 1.94. The Morgan fingerprint density at radius 1 is 1.14 bits per heavy atom. The monoisotopic (exact) mass is 318 g/mol. The molecule has 1 N–H and O–H groups in total. The maximum Gasteiger partial charge on any atom is 0.260 e. The van der Waals surface area contributed by atoms with E-state index in [4.69, 9.17) is 0 Å². The van der Waals surface area contributed by atoms with Crippen molar-refractivity contribution in [2.45, 2.75) is 20.8 Å². The number of nitrogens with zero attached hydrogens (tertiary/aromatic N) is 3. The van der Waals surface area contributed by atoms with Gasteiger partial charge in [-0.05, 0) is 44.4 Å². The van der Waals surface area contributed by atoms with Crippen LogP contribution in [0.25, 0.3) is 5.00 Å². The molecule has 3 aromatic heterocycles. The maximum absolute atomic E-state index is 12.4. The zero-order chi connectivity index (χ0) is 15.0. The van der Waals surface area contributed by atoms with Crippen molar-refractivity contribution in [3.8, 4) is 5.00 Å². The normalized spacial score (nSPS) is 10.8. The van der Waals surface area contributed by atoms with Crippen LogP contribution in [-0.4, -0.2) is 20.7 Å². The Morgan fingerprint density at radius 3 is 2.48 bits per heavy atom. The van der Waals surface area contributed by atoms with E-state index in [2.05, 4.69) is 20.1 Å². The molecule has 0 spiro atoms. The highest BCUT2D eigenvalue weighted by molar-refractivity contribution is 7.15. The Labute approximate surface area is 130 Å². The average Bonchev–Trinajstić information content (AvgIpc) is 3.12.